The van der Waals surface area contributed by atoms with Gasteiger partial charge in [-0.3, -0.25) is 6.08 Å². The predicted octanol–water partition coefficient (Wildman–Crippen LogP) is 7.41. The zero-order valence-electron chi connectivity index (χ0n) is 18.4. The van der Waals surface area contributed by atoms with Gasteiger partial charge in [0.15, 0.2) is 0 Å². The molecule has 0 unspecified atom stereocenters. The molecule has 1 aliphatic carbocycles. The molecule has 0 aliphatic heterocycles. The smallest absolute Gasteiger partial charge is 0.668 e. The van der Waals surface area contributed by atoms with Crippen LogP contribution in [0.2, 0.25) is 0 Å². The first-order chi connectivity index (χ1) is 13.3. The monoisotopic (exact) mass is 422 g/mol. The summed E-state index contributed by atoms with van der Waals surface area (Å²) >= 11 is 0. The van der Waals surface area contributed by atoms with E-state index in [-0.39, 0.29) is 29.1 Å². The van der Waals surface area contributed by atoms with Crippen molar-refractivity contribution in [2.75, 3.05) is 28.2 Å². The Kier molecular flexibility index (Phi) is 28.5. The van der Waals surface area contributed by atoms with Crippen LogP contribution in [0.25, 0.3) is 22.8 Å². The second-order valence-corrected chi connectivity index (χ2v) is 5.44. The van der Waals surface area contributed by atoms with Crippen molar-refractivity contribution in [1.82, 2.24) is 0 Å². The summed E-state index contributed by atoms with van der Waals surface area (Å²) in [5.74, 6) is 0. The number of hydrogen-bond donors (Lipinski definition) is 0. The maximum Gasteiger partial charge on any atom is 4.00 e. The maximum atomic E-state index is 3.50. The molecular weight excluding hydrogens is 388 g/mol. The van der Waals surface area contributed by atoms with Gasteiger partial charge in [-0.15, -0.1) is 6.42 Å². The average Bonchev–Trinajstić information content (AvgIpc) is 3.28. The molecule has 0 heterocycles. The van der Waals surface area contributed by atoms with E-state index in [1.807, 2.05) is 48.6 Å². The summed E-state index contributed by atoms with van der Waals surface area (Å²) < 4.78 is 0. The molecule has 0 saturated heterocycles. The molecule has 1 aliphatic rings. The minimum atomic E-state index is 0. The summed E-state index contributed by atoms with van der Waals surface area (Å²) in [6.07, 6.45) is 18.3. The fourth-order valence-corrected chi connectivity index (χ4v) is 1.80. The molecule has 0 aromatic heterocycles. The van der Waals surface area contributed by atoms with Crippen molar-refractivity contribution < 1.29 is 21.7 Å². The van der Waals surface area contributed by atoms with Crippen LogP contribution in [0.3, 0.4) is 0 Å². The first-order valence-corrected chi connectivity index (χ1v) is 8.90. The SMILES string of the molecule is C(C=Cc1ccccc1)=Cc1ccccc1.C[N-]C.C[N-]C.[C-]1=CC=CC1.[CH3-].[Ti+4]. The summed E-state index contributed by atoms with van der Waals surface area (Å²) in [6.45, 7) is 0. The molecule has 0 amide bonds. The number of benzene rings is 2. The Morgan fingerprint density at radius 3 is 1.34 bits per heavy atom. The van der Waals surface area contributed by atoms with Crippen molar-refractivity contribution in [3.63, 3.8) is 0 Å². The minimum Gasteiger partial charge on any atom is -0.668 e. The Balaban J connectivity index is -0.000000434. The minimum absolute atomic E-state index is 0. The molecule has 0 atom stereocenters. The first-order valence-electron chi connectivity index (χ1n) is 8.90. The molecule has 152 valence electrons. The predicted molar refractivity (Wildman–Crippen MR) is 129 cm³/mol. The van der Waals surface area contributed by atoms with Crippen LogP contribution in [-0.2, 0) is 21.7 Å². The molecule has 0 saturated carbocycles. The van der Waals surface area contributed by atoms with Gasteiger partial charge >= 0.3 is 21.7 Å². The van der Waals surface area contributed by atoms with Gasteiger partial charge in [0.2, 0.25) is 0 Å². The van der Waals surface area contributed by atoms with E-state index in [9.17, 15) is 0 Å². The van der Waals surface area contributed by atoms with Crippen molar-refractivity contribution in [2.45, 2.75) is 6.42 Å². The number of nitrogens with zero attached hydrogens (tertiary/aromatic N) is 2. The molecule has 0 radical (unpaired) electrons. The van der Waals surface area contributed by atoms with E-state index in [1.54, 1.807) is 28.2 Å². The molecule has 0 bridgehead atoms. The maximum absolute atomic E-state index is 3.50. The van der Waals surface area contributed by atoms with Gasteiger partial charge < -0.3 is 18.1 Å². The molecule has 2 aromatic rings. The molecule has 29 heavy (non-hydrogen) atoms. The van der Waals surface area contributed by atoms with Crippen molar-refractivity contribution in [1.29, 1.82) is 0 Å². The summed E-state index contributed by atoms with van der Waals surface area (Å²) in [5.41, 5.74) is 2.44. The van der Waals surface area contributed by atoms with Crippen LogP contribution in [0, 0.1) is 13.5 Å². The molecule has 2 aromatic carbocycles. The van der Waals surface area contributed by atoms with Crippen molar-refractivity contribution in [3.8, 4) is 0 Å². The third-order valence-electron chi connectivity index (χ3n) is 2.87. The van der Waals surface area contributed by atoms with E-state index in [0.717, 1.165) is 6.42 Å². The molecule has 0 spiro atoms. The van der Waals surface area contributed by atoms with Crippen LogP contribution in [0.15, 0.2) is 91.0 Å². The summed E-state index contributed by atoms with van der Waals surface area (Å²) in [4.78, 5) is 0. The van der Waals surface area contributed by atoms with E-state index < -0.39 is 0 Å². The third-order valence-corrected chi connectivity index (χ3v) is 2.87. The second kappa shape index (κ2) is 26.0. The zero-order valence-corrected chi connectivity index (χ0v) is 20.0. The van der Waals surface area contributed by atoms with Gasteiger partial charge in [-0.2, -0.15) is 34.3 Å². The van der Waals surface area contributed by atoms with Crippen LogP contribution in [0.4, 0.5) is 0 Å². The zero-order chi connectivity index (χ0) is 20.0. The van der Waals surface area contributed by atoms with Crippen LogP contribution in [0.1, 0.15) is 17.5 Å². The van der Waals surface area contributed by atoms with Crippen LogP contribution >= 0.6 is 0 Å². The largest absolute Gasteiger partial charge is 4.00 e. The second-order valence-electron chi connectivity index (χ2n) is 5.44. The van der Waals surface area contributed by atoms with Crippen LogP contribution in [0.5, 0.6) is 0 Å². The standard InChI is InChI=1S/C16H14.C5H5.2C2H6N.CH3.Ti/c1-3-9-15(10-4-1)13-7-8-14-16-11-5-2-6-12-16;1-2-4-5-3-1;2*1-3-2;;/h1-14H;1-3H,4H2;2*1-2H3;1H3;/q;4*-1;+4. The van der Waals surface area contributed by atoms with Gasteiger partial charge in [0, 0.05) is 0 Å². The van der Waals surface area contributed by atoms with E-state index in [1.165, 1.54) is 11.1 Å². The summed E-state index contributed by atoms with van der Waals surface area (Å²) in [6, 6.07) is 20.6. The topological polar surface area (TPSA) is 28.2 Å². The van der Waals surface area contributed by atoms with Gasteiger partial charge in [0.25, 0.3) is 0 Å². The molecule has 3 heteroatoms. The van der Waals surface area contributed by atoms with E-state index in [4.69, 9.17) is 0 Å². The molecular formula is C26H34N2Ti. The van der Waals surface area contributed by atoms with E-state index in [2.05, 4.69) is 71.4 Å². The van der Waals surface area contributed by atoms with Crippen molar-refractivity contribution in [3.05, 3.63) is 126 Å². The Bertz CT molecular complexity index is 600. The molecule has 2 nitrogen and oxygen atoms in total. The van der Waals surface area contributed by atoms with Gasteiger partial charge in [-0.25, -0.2) is 12.2 Å². The molecule has 3 rings (SSSR count). The van der Waals surface area contributed by atoms with Crippen LogP contribution < -0.4 is 0 Å². The normalized spacial score (nSPS) is 10.5. The summed E-state index contributed by atoms with van der Waals surface area (Å²) in [5, 5.41) is 7.00. The van der Waals surface area contributed by atoms with Gasteiger partial charge in [-0.1, -0.05) is 85.0 Å². The van der Waals surface area contributed by atoms with Gasteiger partial charge in [-0.05, 0) is 11.1 Å². The fourth-order valence-electron chi connectivity index (χ4n) is 1.80. The Morgan fingerprint density at radius 1 is 0.724 bits per heavy atom. The van der Waals surface area contributed by atoms with E-state index in [0.29, 0.717) is 0 Å². The molecule has 0 fully saturated rings. The average molecular weight is 422 g/mol. The third kappa shape index (κ3) is 22.2. The Morgan fingerprint density at radius 2 is 1.10 bits per heavy atom. The molecule has 0 N–H and O–H groups in total. The number of allylic oxidation sites excluding steroid dienone is 6. The van der Waals surface area contributed by atoms with Crippen molar-refractivity contribution >= 4 is 12.2 Å². The number of hydrogen-bond acceptors (Lipinski definition) is 0. The Hall–Kier alpha value is -1.97. The van der Waals surface area contributed by atoms with Crippen LogP contribution in [-0.4, -0.2) is 28.2 Å². The number of rotatable bonds is 3. The van der Waals surface area contributed by atoms with Gasteiger partial charge in [0.1, 0.15) is 0 Å². The van der Waals surface area contributed by atoms with Crippen molar-refractivity contribution in [2.24, 2.45) is 0 Å². The Labute approximate surface area is 194 Å². The van der Waals surface area contributed by atoms with E-state index >= 15 is 0 Å². The quantitative estimate of drug-likeness (QED) is 0.280. The summed E-state index contributed by atoms with van der Waals surface area (Å²) in [7, 11) is 7.00. The fraction of sp³-hybridized carbons (Fsp3) is 0.192. The first kappa shape index (κ1) is 31.7. The van der Waals surface area contributed by atoms with Gasteiger partial charge in [0.05, 0.1) is 0 Å².